The van der Waals surface area contributed by atoms with Crippen LogP contribution >= 0.6 is 38.4 Å². The standard InChI is InChI=1S/C13H15.2HI.Ti/c1-10(2)9-12-8-7-11-5-3-4-6-13(11)12;;;/h3-8,10H,9H2,1-2H3;2*1H;/q;;;+2/p-2. The predicted octanol–water partition coefficient (Wildman–Crippen LogP) is 5.45. The molecule has 0 atom stereocenters. The van der Waals surface area contributed by atoms with Crippen molar-refractivity contribution in [3.63, 3.8) is 0 Å². The van der Waals surface area contributed by atoms with Crippen molar-refractivity contribution in [2.75, 3.05) is 0 Å². The first kappa shape index (κ1) is 15.2. The van der Waals surface area contributed by atoms with Gasteiger partial charge in [-0.3, -0.25) is 0 Å². The van der Waals surface area contributed by atoms with Gasteiger partial charge in [-0.25, -0.2) is 0 Å². The molecule has 0 saturated heterocycles. The van der Waals surface area contributed by atoms with Crippen molar-refractivity contribution in [3.05, 3.63) is 47.4 Å². The molecule has 0 fully saturated rings. The summed E-state index contributed by atoms with van der Waals surface area (Å²) in [6, 6.07) is 8.61. The average molecular weight is 473 g/mol. The summed E-state index contributed by atoms with van der Waals surface area (Å²) in [4.78, 5) is 0. The van der Waals surface area contributed by atoms with Crippen LogP contribution in [0.5, 0.6) is 0 Å². The van der Waals surface area contributed by atoms with Crippen LogP contribution in [0.3, 0.4) is 0 Å². The summed E-state index contributed by atoms with van der Waals surface area (Å²) >= 11 is 5.24. The van der Waals surface area contributed by atoms with E-state index in [9.17, 15) is 0 Å². The zero-order chi connectivity index (χ0) is 12.0. The second kappa shape index (κ2) is 8.27. The molecular formula is C13H15I2Ti. The fraction of sp³-hybridized carbons (Fsp3) is 0.308. The van der Waals surface area contributed by atoms with E-state index in [-0.39, 0.29) is 0 Å². The normalized spacial score (nSPS) is 13.3. The first-order valence-electron chi connectivity index (χ1n) is 5.28. The maximum absolute atomic E-state index is 2.40. The number of halogens is 2. The van der Waals surface area contributed by atoms with Gasteiger partial charge in [0.15, 0.2) is 0 Å². The summed E-state index contributed by atoms with van der Waals surface area (Å²) in [6.45, 7) is 4.53. The van der Waals surface area contributed by atoms with Gasteiger partial charge in [0.05, 0.1) is 0 Å². The second-order valence-corrected chi connectivity index (χ2v) is 17.3. The van der Waals surface area contributed by atoms with Crippen LogP contribution in [0.4, 0.5) is 0 Å². The molecule has 3 heteroatoms. The van der Waals surface area contributed by atoms with Gasteiger partial charge >= 0.3 is 50.0 Å². The molecule has 85 valence electrons. The molecule has 1 aliphatic carbocycles. The number of hydrogen-bond donors (Lipinski definition) is 0. The third-order valence-corrected chi connectivity index (χ3v) is 2.40. The molecule has 2 rings (SSSR count). The van der Waals surface area contributed by atoms with E-state index in [2.05, 4.69) is 88.6 Å². The summed E-state index contributed by atoms with van der Waals surface area (Å²) < 4.78 is 0. The molecular weight excluding hydrogens is 458 g/mol. The van der Waals surface area contributed by atoms with E-state index in [1.54, 1.807) is 0 Å². The summed E-state index contributed by atoms with van der Waals surface area (Å²) in [5.74, 6) is 2.23. The molecule has 0 amide bonds. The monoisotopic (exact) mass is 473 g/mol. The fourth-order valence-electron chi connectivity index (χ4n) is 1.83. The van der Waals surface area contributed by atoms with Crippen LogP contribution in [0.25, 0.3) is 6.08 Å². The SMILES string of the molecule is CC(C)C[C]1C=Cc2ccccc21.[I][Ti][I]. The van der Waals surface area contributed by atoms with Crippen molar-refractivity contribution < 1.29 is 11.7 Å². The Morgan fingerprint density at radius 1 is 1.12 bits per heavy atom. The zero-order valence-corrected chi connectivity index (χ0v) is 15.4. The molecule has 16 heavy (non-hydrogen) atoms. The molecule has 1 aromatic carbocycles. The van der Waals surface area contributed by atoms with Gasteiger partial charge in [0.2, 0.25) is 0 Å². The van der Waals surface area contributed by atoms with E-state index in [1.807, 2.05) is 0 Å². The summed E-state index contributed by atoms with van der Waals surface area (Å²) in [6.07, 6.45) is 5.66. The molecule has 0 N–H and O–H groups in total. The van der Waals surface area contributed by atoms with Crippen molar-refractivity contribution in [1.82, 2.24) is 0 Å². The molecule has 0 nitrogen and oxygen atoms in total. The van der Waals surface area contributed by atoms with E-state index in [0.29, 0.717) is 11.7 Å². The van der Waals surface area contributed by atoms with Gasteiger partial charge < -0.3 is 0 Å². The fourth-order valence-corrected chi connectivity index (χ4v) is 1.83. The predicted molar refractivity (Wildman–Crippen MR) is 85.3 cm³/mol. The first-order chi connectivity index (χ1) is 7.69. The average Bonchev–Trinajstić information content (AvgIpc) is 2.63. The molecule has 0 unspecified atom stereocenters. The maximum atomic E-state index is 2.40. The Balaban J connectivity index is 0.000000386. The van der Waals surface area contributed by atoms with Crippen LogP contribution in [0.2, 0.25) is 0 Å². The van der Waals surface area contributed by atoms with Crippen LogP contribution in [-0.4, -0.2) is 0 Å². The number of rotatable bonds is 2. The number of hydrogen-bond acceptors (Lipinski definition) is 0. The minimum atomic E-state index is 0.440. The molecule has 0 spiro atoms. The van der Waals surface area contributed by atoms with Gasteiger partial charge in [-0.1, -0.05) is 50.3 Å². The van der Waals surface area contributed by atoms with E-state index in [0.717, 1.165) is 5.92 Å². The molecule has 0 heterocycles. The molecule has 1 radical (unpaired) electrons. The Kier molecular flexibility index (Phi) is 7.86. The van der Waals surface area contributed by atoms with E-state index >= 15 is 0 Å². The molecule has 0 aromatic heterocycles. The number of fused-ring (bicyclic) bond motifs is 1. The zero-order valence-electron chi connectivity index (χ0n) is 9.50. The Morgan fingerprint density at radius 2 is 1.75 bits per heavy atom. The van der Waals surface area contributed by atoms with Gasteiger partial charge in [0, 0.05) is 5.92 Å². The minimum absolute atomic E-state index is 0.440. The Labute approximate surface area is 128 Å². The summed E-state index contributed by atoms with van der Waals surface area (Å²) in [5.41, 5.74) is 2.80. The van der Waals surface area contributed by atoms with Crippen molar-refractivity contribution in [2.24, 2.45) is 5.92 Å². The van der Waals surface area contributed by atoms with Gasteiger partial charge in [-0.2, -0.15) is 0 Å². The first-order valence-corrected chi connectivity index (χ1v) is 15.4. The molecule has 0 saturated carbocycles. The van der Waals surface area contributed by atoms with Gasteiger partial charge in [0.1, 0.15) is 0 Å². The van der Waals surface area contributed by atoms with Crippen molar-refractivity contribution in [3.8, 4) is 0 Å². The van der Waals surface area contributed by atoms with E-state index < -0.39 is 0 Å². The third-order valence-electron chi connectivity index (χ3n) is 2.40. The quantitative estimate of drug-likeness (QED) is 0.396. The van der Waals surface area contributed by atoms with Crippen molar-refractivity contribution in [1.29, 1.82) is 0 Å². The third kappa shape index (κ3) is 4.79. The van der Waals surface area contributed by atoms with E-state index in [1.165, 1.54) is 23.5 Å². The second-order valence-electron chi connectivity index (χ2n) is 4.12. The van der Waals surface area contributed by atoms with Crippen LogP contribution in [0.1, 0.15) is 31.4 Å². The number of benzene rings is 1. The number of allylic oxidation sites excluding steroid dienone is 1. The van der Waals surface area contributed by atoms with E-state index in [4.69, 9.17) is 0 Å². The molecule has 1 aromatic rings. The van der Waals surface area contributed by atoms with Crippen LogP contribution < -0.4 is 0 Å². The van der Waals surface area contributed by atoms with Gasteiger partial charge in [0.25, 0.3) is 0 Å². The van der Waals surface area contributed by atoms with Gasteiger partial charge in [-0.05, 0) is 23.5 Å². The Bertz CT molecular complexity index is 348. The Hall–Kier alpha value is 1.13. The molecule has 0 aliphatic heterocycles. The molecule has 1 aliphatic rings. The topological polar surface area (TPSA) is 0 Å². The van der Waals surface area contributed by atoms with Crippen molar-refractivity contribution in [2.45, 2.75) is 20.3 Å². The van der Waals surface area contributed by atoms with Crippen LogP contribution in [0, 0.1) is 11.8 Å². The summed E-state index contributed by atoms with van der Waals surface area (Å²) in [7, 11) is 0. The van der Waals surface area contributed by atoms with Crippen LogP contribution in [0.15, 0.2) is 30.3 Å². The van der Waals surface area contributed by atoms with Gasteiger partial charge in [-0.15, -0.1) is 0 Å². The van der Waals surface area contributed by atoms with Crippen molar-refractivity contribution >= 4 is 44.5 Å². The Morgan fingerprint density at radius 3 is 2.38 bits per heavy atom. The summed E-state index contributed by atoms with van der Waals surface area (Å²) in [5, 5.41) is 0. The molecule has 0 bridgehead atoms. The van der Waals surface area contributed by atoms with Crippen LogP contribution in [-0.2, 0) is 11.7 Å².